The van der Waals surface area contributed by atoms with Gasteiger partial charge < -0.3 is 23.5 Å². The zero-order valence-corrected chi connectivity index (χ0v) is 16.2. The lowest BCUT2D eigenvalue weighted by Crippen LogP contribution is -2.28. The molecule has 2 aliphatic rings. The molecule has 0 aliphatic carbocycles. The van der Waals surface area contributed by atoms with E-state index in [1.54, 1.807) is 30.3 Å². The van der Waals surface area contributed by atoms with Crippen LogP contribution in [0, 0.1) is 0 Å². The molecule has 0 spiro atoms. The second kappa shape index (κ2) is 6.97. The van der Waals surface area contributed by atoms with Crippen molar-refractivity contribution in [3.05, 3.63) is 71.2 Å². The molecule has 1 atom stereocenters. The van der Waals surface area contributed by atoms with E-state index in [1.165, 1.54) is 18.1 Å². The molecule has 1 amide bonds. The van der Waals surface area contributed by atoms with Gasteiger partial charge in [0.1, 0.15) is 11.5 Å². The maximum absolute atomic E-state index is 13.5. The van der Waals surface area contributed by atoms with Gasteiger partial charge in [-0.05, 0) is 29.8 Å². The Morgan fingerprint density at radius 1 is 1.06 bits per heavy atom. The number of ether oxygens (including phenoxy) is 3. The molecule has 0 saturated carbocycles. The minimum Gasteiger partial charge on any atom is -0.496 e. The number of hydrogen-bond acceptors (Lipinski definition) is 5. The number of fused-ring (bicyclic) bond motifs is 2. The maximum atomic E-state index is 13.5. The predicted molar refractivity (Wildman–Crippen MR) is 102 cm³/mol. The molecule has 0 radical (unpaired) electrons. The molecule has 1 aromatic heterocycles. The third kappa shape index (κ3) is 3.17. The van der Waals surface area contributed by atoms with Crippen molar-refractivity contribution in [3.63, 3.8) is 0 Å². The van der Waals surface area contributed by atoms with Crippen LogP contribution < -0.4 is 19.1 Å². The number of nitrogens with zero attached hydrogens (tertiary/aromatic N) is 1. The van der Waals surface area contributed by atoms with Crippen molar-refractivity contribution < 1.29 is 36.6 Å². The molecule has 9 heteroatoms. The molecule has 31 heavy (non-hydrogen) atoms. The number of halogens is 3. The van der Waals surface area contributed by atoms with Gasteiger partial charge in [0.15, 0.2) is 11.5 Å². The topological polar surface area (TPSA) is 61.1 Å². The molecular weight excluding hydrogens is 415 g/mol. The number of para-hydroxylation sites is 1. The molecule has 1 unspecified atom stereocenters. The zero-order chi connectivity index (χ0) is 21.8. The maximum Gasteiger partial charge on any atom is 0.449 e. The quantitative estimate of drug-likeness (QED) is 0.599. The number of alkyl halides is 3. The summed E-state index contributed by atoms with van der Waals surface area (Å²) in [5.41, 5.74) is 1.90. The van der Waals surface area contributed by atoms with Crippen LogP contribution in [0.25, 0.3) is 0 Å². The standard InChI is InChI=1S/C22H16F3NO5/c1-28-16-9-18-17(29-11-30-18)8-14(16)20-13-4-2-3-5-15(13)26(21(20)27)10-12-6-7-19(31-12)22(23,24)25/h2-9,20H,10-11H2,1H3. The van der Waals surface area contributed by atoms with Crippen LogP contribution in [-0.2, 0) is 17.5 Å². The van der Waals surface area contributed by atoms with Gasteiger partial charge in [-0.3, -0.25) is 4.79 Å². The van der Waals surface area contributed by atoms with Crippen molar-refractivity contribution in [2.45, 2.75) is 18.6 Å². The highest BCUT2D eigenvalue weighted by atomic mass is 19.4. The second-order valence-electron chi connectivity index (χ2n) is 7.13. The number of rotatable bonds is 4. The molecule has 0 bridgehead atoms. The normalized spacial score (nSPS) is 17.2. The van der Waals surface area contributed by atoms with E-state index in [1.807, 2.05) is 6.07 Å². The number of hydrogen-bond donors (Lipinski definition) is 0. The van der Waals surface area contributed by atoms with Gasteiger partial charge in [-0.2, -0.15) is 13.2 Å². The summed E-state index contributed by atoms with van der Waals surface area (Å²) in [7, 11) is 1.49. The van der Waals surface area contributed by atoms with E-state index in [9.17, 15) is 18.0 Å². The van der Waals surface area contributed by atoms with Crippen LogP contribution in [0.4, 0.5) is 18.9 Å². The second-order valence-corrected chi connectivity index (χ2v) is 7.13. The fourth-order valence-corrected chi connectivity index (χ4v) is 3.96. The van der Waals surface area contributed by atoms with Crippen molar-refractivity contribution >= 4 is 11.6 Å². The van der Waals surface area contributed by atoms with Gasteiger partial charge in [0.05, 0.1) is 19.6 Å². The van der Waals surface area contributed by atoms with E-state index in [0.717, 1.165) is 6.07 Å². The Bertz CT molecular complexity index is 1170. The summed E-state index contributed by atoms with van der Waals surface area (Å²) < 4.78 is 60.0. The summed E-state index contributed by atoms with van der Waals surface area (Å²) in [4.78, 5) is 14.9. The predicted octanol–water partition coefficient (Wildman–Crippen LogP) is 4.71. The van der Waals surface area contributed by atoms with Crippen LogP contribution in [-0.4, -0.2) is 19.8 Å². The van der Waals surface area contributed by atoms with Crippen LogP contribution in [0.5, 0.6) is 17.2 Å². The Hall–Kier alpha value is -3.62. The first kappa shape index (κ1) is 19.3. The van der Waals surface area contributed by atoms with E-state index >= 15 is 0 Å². The number of carbonyl (C=O) groups excluding carboxylic acids is 1. The van der Waals surface area contributed by atoms with E-state index in [-0.39, 0.29) is 25.0 Å². The first-order chi connectivity index (χ1) is 14.9. The lowest BCUT2D eigenvalue weighted by atomic mass is 9.91. The summed E-state index contributed by atoms with van der Waals surface area (Å²) in [5.74, 6) is -0.602. The third-order valence-electron chi connectivity index (χ3n) is 5.34. The van der Waals surface area contributed by atoms with Gasteiger partial charge in [0, 0.05) is 17.3 Å². The molecule has 3 heterocycles. The monoisotopic (exact) mass is 431 g/mol. The molecule has 0 N–H and O–H groups in total. The van der Waals surface area contributed by atoms with E-state index in [4.69, 9.17) is 18.6 Å². The SMILES string of the molecule is COc1cc2c(cc1C1C(=O)N(Cc3ccc(C(F)(F)F)o3)c3ccccc31)OCO2. The van der Waals surface area contributed by atoms with Gasteiger partial charge in [0.2, 0.25) is 18.5 Å². The lowest BCUT2D eigenvalue weighted by Gasteiger charge is -2.18. The lowest BCUT2D eigenvalue weighted by molar-refractivity contribution is -0.153. The zero-order valence-electron chi connectivity index (χ0n) is 16.2. The number of anilines is 1. The molecule has 0 fully saturated rings. The Morgan fingerprint density at radius 2 is 1.81 bits per heavy atom. The highest BCUT2D eigenvalue weighted by Crippen LogP contribution is 2.48. The highest BCUT2D eigenvalue weighted by molar-refractivity contribution is 6.07. The number of furan rings is 1. The molecule has 0 saturated heterocycles. The Balaban J connectivity index is 1.54. The van der Waals surface area contributed by atoms with Crippen molar-refractivity contribution in [1.82, 2.24) is 0 Å². The summed E-state index contributed by atoms with van der Waals surface area (Å²) in [6.07, 6.45) is -4.59. The molecule has 2 aliphatic heterocycles. The van der Waals surface area contributed by atoms with Crippen molar-refractivity contribution in [3.8, 4) is 17.2 Å². The minimum absolute atomic E-state index is 0.0359. The minimum atomic E-state index is -4.59. The van der Waals surface area contributed by atoms with Crippen LogP contribution in [0.1, 0.15) is 28.6 Å². The van der Waals surface area contributed by atoms with Crippen molar-refractivity contribution in [2.24, 2.45) is 0 Å². The number of carbonyl (C=O) groups is 1. The number of benzene rings is 2. The average Bonchev–Trinajstić information content (AvgIpc) is 3.45. The van der Waals surface area contributed by atoms with Gasteiger partial charge in [0.25, 0.3) is 0 Å². The third-order valence-corrected chi connectivity index (χ3v) is 5.34. The van der Waals surface area contributed by atoms with Crippen molar-refractivity contribution in [2.75, 3.05) is 18.8 Å². The Labute approximate surface area is 174 Å². The molecular formula is C22H16F3NO5. The van der Waals surface area contributed by atoms with E-state index < -0.39 is 17.9 Å². The summed E-state index contributed by atoms with van der Waals surface area (Å²) in [5, 5.41) is 0. The van der Waals surface area contributed by atoms with Crippen LogP contribution >= 0.6 is 0 Å². The average molecular weight is 431 g/mol. The first-order valence-electron chi connectivity index (χ1n) is 9.40. The summed E-state index contributed by atoms with van der Waals surface area (Å²) >= 11 is 0. The molecule has 160 valence electrons. The summed E-state index contributed by atoms with van der Waals surface area (Å²) in [6.45, 7) is -0.0570. The molecule has 5 rings (SSSR count). The van der Waals surface area contributed by atoms with Gasteiger partial charge in [-0.25, -0.2) is 0 Å². The van der Waals surface area contributed by atoms with Crippen LogP contribution in [0.2, 0.25) is 0 Å². The fourth-order valence-electron chi connectivity index (χ4n) is 3.96. The molecule has 6 nitrogen and oxygen atoms in total. The van der Waals surface area contributed by atoms with E-state index in [2.05, 4.69) is 0 Å². The number of methoxy groups -OCH3 is 1. The Morgan fingerprint density at radius 3 is 2.52 bits per heavy atom. The van der Waals surface area contributed by atoms with Gasteiger partial charge in [-0.15, -0.1) is 0 Å². The fraction of sp³-hybridized carbons (Fsp3) is 0.227. The van der Waals surface area contributed by atoms with Crippen molar-refractivity contribution in [1.29, 1.82) is 0 Å². The first-order valence-corrected chi connectivity index (χ1v) is 9.40. The summed E-state index contributed by atoms with van der Waals surface area (Å²) in [6, 6.07) is 12.6. The van der Waals surface area contributed by atoms with Crippen LogP contribution in [0.3, 0.4) is 0 Å². The molecule has 2 aromatic carbocycles. The smallest absolute Gasteiger partial charge is 0.449 e. The molecule has 3 aromatic rings. The van der Waals surface area contributed by atoms with E-state index in [0.29, 0.717) is 34.1 Å². The van der Waals surface area contributed by atoms with Crippen LogP contribution in [0.15, 0.2) is 52.9 Å². The van der Waals surface area contributed by atoms with Gasteiger partial charge in [-0.1, -0.05) is 18.2 Å². The van der Waals surface area contributed by atoms with Gasteiger partial charge >= 0.3 is 6.18 Å². The largest absolute Gasteiger partial charge is 0.496 e. The highest BCUT2D eigenvalue weighted by Gasteiger charge is 2.41. The number of amides is 1. The Kier molecular flexibility index (Phi) is 4.35.